The number of nitrogens with zero attached hydrogens (tertiary/aromatic N) is 1. The fourth-order valence-electron chi connectivity index (χ4n) is 4.70. The lowest BCUT2D eigenvalue weighted by molar-refractivity contribution is 0.0400. The molecule has 26 heavy (non-hydrogen) atoms. The lowest BCUT2D eigenvalue weighted by Crippen LogP contribution is -2.38. The number of rotatable bonds is 8. The molecule has 2 aliphatic carbocycles. The van der Waals surface area contributed by atoms with Gasteiger partial charge in [0.05, 0.1) is 11.8 Å². The van der Waals surface area contributed by atoms with Crippen LogP contribution in [-0.4, -0.2) is 29.5 Å². The van der Waals surface area contributed by atoms with Gasteiger partial charge < -0.3 is 4.52 Å². The second-order valence-electron chi connectivity index (χ2n) is 8.41. The Morgan fingerprint density at radius 1 is 1.23 bits per heavy atom. The molecule has 0 bridgehead atoms. The molecular formula is C22H40NO2P. The molecule has 0 aromatic rings. The highest BCUT2D eigenvalue weighted by atomic mass is 31.2. The van der Waals surface area contributed by atoms with Crippen LogP contribution >= 0.6 is 7.52 Å². The molecule has 0 heterocycles. The molecular weight excluding hydrogens is 341 g/mol. The summed E-state index contributed by atoms with van der Waals surface area (Å²) in [4.78, 5) is 0. The molecule has 3 nitrogen and oxygen atoms in total. The molecule has 2 rings (SSSR count). The van der Waals surface area contributed by atoms with Crippen molar-refractivity contribution in [1.82, 2.24) is 4.67 Å². The second kappa shape index (κ2) is 9.71. The minimum atomic E-state index is -2.97. The molecule has 2 aliphatic rings. The summed E-state index contributed by atoms with van der Waals surface area (Å²) in [6.45, 7) is 14.8. The summed E-state index contributed by atoms with van der Waals surface area (Å²) in [6, 6.07) is 0. The third-order valence-electron chi connectivity index (χ3n) is 6.35. The molecule has 0 aromatic carbocycles. The first-order valence-electron chi connectivity index (χ1n) is 10.8. The van der Waals surface area contributed by atoms with Gasteiger partial charge in [-0.3, -0.25) is 4.57 Å². The Kier molecular flexibility index (Phi) is 8.19. The molecule has 0 radical (unpaired) electrons. The third kappa shape index (κ3) is 4.72. The van der Waals surface area contributed by atoms with E-state index >= 15 is 0 Å². The van der Waals surface area contributed by atoms with Crippen LogP contribution in [0.4, 0.5) is 0 Å². The first-order valence-corrected chi connectivity index (χ1v) is 12.4. The van der Waals surface area contributed by atoms with E-state index in [4.69, 9.17) is 4.52 Å². The Morgan fingerprint density at radius 2 is 1.92 bits per heavy atom. The maximum atomic E-state index is 14.5. The minimum Gasteiger partial charge on any atom is -0.313 e. The van der Waals surface area contributed by atoms with E-state index in [0.29, 0.717) is 17.8 Å². The van der Waals surface area contributed by atoms with Gasteiger partial charge in [0.1, 0.15) is 0 Å². The lowest BCUT2D eigenvalue weighted by atomic mass is 9.75. The van der Waals surface area contributed by atoms with Crippen molar-refractivity contribution in [2.75, 3.05) is 13.1 Å². The van der Waals surface area contributed by atoms with Crippen molar-refractivity contribution in [3.8, 4) is 0 Å². The van der Waals surface area contributed by atoms with Crippen molar-refractivity contribution in [2.45, 2.75) is 85.4 Å². The van der Waals surface area contributed by atoms with Crippen molar-refractivity contribution >= 4 is 7.52 Å². The predicted octanol–water partition coefficient (Wildman–Crippen LogP) is 6.66. The van der Waals surface area contributed by atoms with Gasteiger partial charge in [0.15, 0.2) is 0 Å². The molecule has 4 heteroatoms. The molecule has 0 N–H and O–H groups in total. The Balaban J connectivity index is 2.37. The molecule has 1 saturated carbocycles. The van der Waals surface area contributed by atoms with Gasteiger partial charge >= 0.3 is 0 Å². The van der Waals surface area contributed by atoms with Crippen LogP contribution in [0.25, 0.3) is 0 Å². The Morgan fingerprint density at radius 3 is 2.50 bits per heavy atom. The summed E-state index contributed by atoms with van der Waals surface area (Å²) in [5, 5.41) is 0. The quantitative estimate of drug-likeness (QED) is 0.347. The Labute approximate surface area is 161 Å². The molecule has 0 spiro atoms. The van der Waals surface area contributed by atoms with E-state index in [1.807, 2.05) is 0 Å². The number of allylic oxidation sites excluding steroid dienone is 4. The summed E-state index contributed by atoms with van der Waals surface area (Å²) in [5.41, 5.74) is 1.21. The van der Waals surface area contributed by atoms with Crippen LogP contribution in [0.3, 0.4) is 0 Å². The van der Waals surface area contributed by atoms with Crippen LogP contribution in [0, 0.1) is 17.8 Å². The van der Waals surface area contributed by atoms with Crippen LogP contribution in [0.1, 0.15) is 73.6 Å². The summed E-state index contributed by atoms with van der Waals surface area (Å²) in [5.74, 6) is 1.74. The van der Waals surface area contributed by atoms with E-state index in [1.54, 1.807) is 0 Å². The first-order chi connectivity index (χ1) is 12.4. The highest BCUT2D eigenvalue weighted by molar-refractivity contribution is 7.57. The van der Waals surface area contributed by atoms with Gasteiger partial charge in [0.2, 0.25) is 0 Å². The molecule has 0 amide bonds. The van der Waals surface area contributed by atoms with Crippen molar-refractivity contribution in [3.05, 3.63) is 23.8 Å². The maximum Gasteiger partial charge on any atom is 0.283 e. The lowest BCUT2D eigenvalue weighted by Gasteiger charge is -2.43. The van der Waals surface area contributed by atoms with Crippen molar-refractivity contribution < 1.29 is 9.09 Å². The number of hydrogen-bond acceptors (Lipinski definition) is 2. The van der Waals surface area contributed by atoms with Crippen molar-refractivity contribution in [1.29, 1.82) is 0 Å². The van der Waals surface area contributed by atoms with Gasteiger partial charge in [-0.15, -0.1) is 0 Å². The largest absolute Gasteiger partial charge is 0.313 e. The fraction of sp³-hybridized carbons (Fsp3) is 0.818. The normalized spacial score (nSPS) is 31.9. The average Bonchev–Trinajstić information content (AvgIpc) is 2.62. The van der Waals surface area contributed by atoms with Gasteiger partial charge in [-0.1, -0.05) is 71.8 Å². The highest BCUT2D eigenvalue weighted by Crippen LogP contribution is 2.61. The summed E-state index contributed by atoms with van der Waals surface area (Å²) >= 11 is 0. The van der Waals surface area contributed by atoms with E-state index < -0.39 is 7.52 Å². The fourth-order valence-corrected chi connectivity index (χ4v) is 7.78. The van der Waals surface area contributed by atoms with Gasteiger partial charge in [-0.05, 0) is 43.4 Å². The third-order valence-corrected chi connectivity index (χ3v) is 9.48. The van der Waals surface area contributed by atoms with Gasteiger partial charge in [0.25, 0.3) is 7.52 Å². The summed E-state index contributed by atoms with van der Waals surface area (Å²) in [6.07, 6.45) is 12.1. The Bertz CT molecular complexity index is 550. The zero-order valence-electron chi connectivity index (χ0n) is 17.8. The zero-order valence-corrected chi connectivity index (χ0v) is 18.7. The van der Waals surface area contributed by atoms with Crippen LogP contribution < -0.4 is 0 Å². The minimum absolute atomic E-state index is 0.0776. The standard InChI is InChI=1S/C22H40NO2P/c1-7-19-12-10-11-13-22(19)26(24,23(8-2)9-3)25-21-16-18(6)14-15-20(21)17(4)5/h11-13,17-18,20-22H,7-10,14-16H2,1-6H3/t18-,20+,21-,22?,26?/m1/s1. The Hall–Kier alpha value is -0.370. The summed E-state index contributed by atoms with van der Waals surface area (Å²) < 4.78 is 23.3. The van der Waals surface area contributed by atoms with Crippen LogP contribution in [-0.2, 0) is 9.09 Å². The van der Waals surface area contributed by atoms with Crippen LogP contribution in [0.5, 0.6) is 0 Å². The maximum absolute atomic E-state index is 14.5. The molecule has 5 atom stereocenters. The van der Waals surface area contributed by atoms with Gasteiger partial charge in [-0.25, -0.2) is 4.67 Å². The van der Waals surface area contributed by atoms with E-state index in [2.05, 4.69) is 64.4 Å². The van der Waals surface area contributed by atoms with E-state index in [9.17, 15) is 4.57 Å². The van der Waals surface area contributed by atoms with Crippen molar-refractivity contribution in [2.24, 2.45) is 17.8 Å². The SMILES string of the molecule is CCC1=CCC=CC1P(=O)(O[C@@H]1C[C@H](C)CC[C@H]1C(C)C)N(CC)CC. The second-order valence-corrected chi connectivity index (χ2v) is 10.9. The molecule has 1 fully saturated rings. The van der Waals surface area contributed by atoms with Gasteiger partial charge in [-0.2, -0.15) is 0 Å². The predicted molar refractivity (Wildman–Crippen MR) is 113 cm³/mol. The topological polar surface area (TPSA) is 29.5 Å². The van der Waals surface area contributed by atoms with E-state index in [1.165, 1.54) is 18.4 Å². The molecule has 0 saturated heterocycles. The number of hydrogen-bond donors (Lipinski definition) is 0. The molecule has 0 aromatic heterocycles. The van der Waals surface area contributed by atoms with Crippen molar-refractivity contribution in [3.63, 3.8) is 0 Å². The smallest absolute Gasteiger partial charge is 0.283 e. The monoisotopic (exact) mass is 381 g/mol. The average molecular weight is 382 g/mol. The van der Waals surface area contributed by atoms with Gasteiger partial charge in [0, 0.05) is 13.1 Å². The van der Waals surface area contributed by atoms with E-state index in [0.717, 1.165) is 32.4 Å². The molecule has 0 aliphatic heterocycles. The zero-order chi connectivity index (χ0) is 19.3. The molecule has 150 valence electrons. The highest BCUT2D eigenvalue weighted by Gasteiger charge is 2.44. The first kappa shape index (κ1) is 21.9. The molecule has 2 unspecified atom stereocenters. The summed E-state index contributed by atoms with van der Waals surface area (Å²) in [7, 11) is -2.97. The van der Waals surface area contributed by atoms with Crippen LogP contribution in [0.15, 0.2) is 23.8 Å². The van der Waals surface area contributed by atoms with E-state index in [-0.39, 0.29) is 11.8 Å². The van der Waals surface area contributed by atoms with Crippen LogP contribution in [0.2, 0.25) is 0 Å².